The van der Waals surface area contributed by atoms with Crippen LogP contribution in [-0.4, -0.2) is 57.5 Å². The van der Waals surface area contributed by atoms with Crippen molar-refractivity contribution in [1.82, 2.24) is 15.5 Å². The summed E-state index contributed by atoms with van der Waals surface area (Å²) in [6.07, 6.45) is 5.75. The summed E-state index contributed by atoms with van der Waals surface area (Å²) in [5.74, 6) is -1.21. The number of alkyl halides is 1. The lowest BCUT2D eigenvalue weighted by Crippen LogP contribution is -2.64. The molecule has 0 spiro atoms. The second-order valence-corrected chi connectivity index (χ2v) is 11.9. The average molecular weight is 554 g/mol. The number of rotatable bonds is 7. The number of amides is 4. The molecule has 4 aliphatic rings. The van der Waals surface area contributed by atoms with E-state index in [-0.39, 0.29) is 17.2 Å². The van der Waals surface area contributed by atoms with Crippen molar-refractivity contribution in [1.29, 1.82) is 0 Å². The number of phenolic OH excluding ortho intramolecular Hbond substituents is 1. The van der Waals surface area contributed by atoms with Gasteiger partial charge in [-0.15, -0.1) is 0 Å². The third-order valence-electron chi connectivity index (χ3n) is 8.62. The number of nitrogens with zero attached hydrogens (tertiary/aromatic N) is 1. The van der Waals surface area contributed by atoms with Gasteiger partial charge in [0.1, 0.15) is 5.75 Å². The molecule has 10 heteroatoms. The molecule has 0 aliphatic heterocycles. The van der Waals surface area contributed by atoms with Crippen molar-refractivity contribution < 1.29 is 29.4 Å². The number of carboxylic acids is 1. The van der Waals surface area contributed by atoms with E-state index in [1.165, 1.54) is 25.2 Å². The number of nitrogens with one attached hydrogen (secondary N) is 2. The Morgan fingerprint density at radius 1 is 0.974 bits per heavy atom. The lowest BCUT2D eigenvalue weighted by atomic mass is 9.49. The molecule has 0 radical (unpaired) electrons. The van der Waals surface area contributed by atoms with Crippen LogP contribution in [0.2, 0.25) is 0 Å². The van der Waals surface area contributed by atoms with Gasteiger partial charge in [-0.05, 0) is 91.7 Å². The molecule has 206 valence electrons. The number of aromatic hydroxyl groups is 1. The van der Waals surface area contributed by atoms with Gasteiger partial charge in [0.05, 0.1) is 6.54 Å². The topological polar surface area (TPSA) is 136 Å². The van der Waals surface area contributed by atoms with Gasteiger partial charge in [0, 0.05) is 18.0 Å². The second kappa shape index (κ2) is 10.2. The summed E-state index contributed by atoms with van der Waals surface area (Å²) in [6.45, 7) is -0.634. The van der Waals surface area contributed by atoms with Crippen molar-refractivity contribution in [2.24, 2.45) is 23.2 Å². The van der Waals surface area contributed by atoms with E-state index in [9.17, 15) is 29.4 Å². The molecule has 0 saturated heterocycles. The number of halogens is 1. The molecule has 39 heavy (non-hydrogen) atoms. The molecule has 6 rings (SSSR count). The Labute approximate surface area is 231 Å². The molecule has 4 bridgehead atoms. The van der Waals surface area contributed by atoms with Gasteiger partial charge in [0.15, 0.2) is 0 Å². The van der Waals surface area contributed by atoms with Gasteiger partial charge >= 0.3 is 12.0 Å². The SMILES string of the molecule is CNC(=O)N(C(=O)c1ccc(-c2cccc(O)c2)cc1)[C@@](Cl)(CNC(=O)C12CC3CC(CC(C3)C1)C2)C(=O)O. The predicted molar refractivity (Wildman–Crippen MR) is 144 cm³/mol. The minimum absolute atomic E-state index is 0.0289. The zero-order chi connectivity index (χ0) is 27.9. The smallest absolute Gasteiger partial charge is 0.347 e. The van der Waals surface area contributed by atoms with Crippen LogP contribution in [0.25, 0.3) is 11.1 Å². The number of phenols is 1. The fourth-order valence-corrected chi connectivity index (χ4v) is 7.39. The van der Waals surface area contributed by atoms with Crippen LogP contribution in [0.15, 0.2) is 48.5 Å². The van der Waals surface area contributed by atoms with Gasteiger partial charge in [-0.2, -0.15) is 0 Å². The van der Waals surface area contributed by atoms with E-state index < -0.39 is 34.9 Å². The first-order valence-corrected chi connectivity index (χ1v) is 13.6. The lowest BCUT2D eigenvalue weighted by Gasteiger charge is -2.55. The molecule has 4 saturated carbocycles. The van der Waals surface area contributed by atoms with Gasteiger partial charge in [-0.25, -0.2) is 14.5 Å². The molecule has 4 aliphatic carbocycles. The summed E-state index contributed by atoms with van der Waals surface area (Å²) in [6, 6.07) is 11.7. The molecule has 4 N–H and O–H groups in total. The Morgan fingerprint density at radius 3 is 2.08 bits per heavy atom. The number of carboxylic acid groups (broad SMARTS) is 1. The Balaban J connectivity index is 1.37. The van der Waals surface area contributed by atoms with Crippen LogP contribution in [-0.2, 0) is 9.59 Å². The maximum atomic E-state index is 13.5. The van der Waals surface area contributed by atoms with E-state index >= 15 is 0 Å². The maximum Gasteiger partial charge on any atom is 0.347 e. The van der Waals surface area contributed by atoms with E-state index in [4.69, 9.17) is 11.6 Å². The number of hydrogen-bond acceptors (Lipinski definition) is 5. The zero-order valence-electron chi connectivity index (χ0n) is 21.7. The van der Waals surface area contributed by atoms with Crippen molar-refractivity contribution in [2.75, 3.05) is 13.6 Å². The molecule has 4 amide bonds. The molecule has 2 aromatic carbocycles. The van der Waals surface area contributed by atoms with Crippen molar-refractivity contribution >= 4 is 35.4 Å². The highest BCUT2D eigenvalue weighted by Crippen LogP contribution is 2.60. The maximum absolute atomic E-state index is 13.5. The highest BCUT2D eigenvalue weighted by molar-refractivity contribution is 6.36. The number of carbonyl (C=O) groups is 4. The first-order valence-electron chi connectivity index (χ1n) is 13.2. The minimum atomic E-state index is -2.56. The number of aliphatic carboxylic acids is 1. The van der Waals surface area contributed by atoms with Gasteiger partial charge < -0.3 is 20.8 Å². The first-order chi connectivity index (χ1) is 18.5. The fraction of sp³-hybridized carbons (Fsp3) is 0.448. The molecule has 1 atom stereocenters. The Morgan fingerprint density at radius 2 is 1.56 bits per heavy atom. The molecular weight excluding hydrogens is 522 g/mol. The van der Waals surface area contributed by atoms with Crippen LogP contribution in [0.5, 0.6) is 5.75 Å². The molecule has 0 aromatic heterocycles. The predicted octanol–water partition coefficient (Wildman–Crippen LogP) is 4.19. The van der Waals surface area contributed by atoms with Crippen LogP contribution >= 0.6 is 11.6 Å². The summed E-state index contributed by atoms with van der Waals surface area (Å²) in [5.41, 5.74) is 0.893. The third kappa shape index (κ3) is 4.95. The molecule has 0 unspecified atom stereocenters. The Bertz CT molecular complexity index is 1280. The number of carbonyl (C=O) groups excluding carboxylic acids is 3. The first kappa shape index (κ1) is 27.0. The number of imide groups is 1. The Hall–Kier alpha value is -3.59. The minimum Gasteiger partial charge on any atom is -0.508 e. The quantitative estimate of drug-likeness (QED) is 0.300. The fourth-order valence-electron chi connectivity index (χ4n) is 7.17. The summed E-state index contributed by atoms with van der Waals surface area (Å²) >= 11 is 6.56. The molecular formula is C29H32ClN3O6. The third-order valence-corrected chi connectivity index (χ3v) is 9.08. The number of urea groups is 1. The molecule has 0 heterocycles. The molecule has 9 nitrogen and oxygen atoms in total. The van der Waals surface area contributed by atoms with Gasteiger partial charge in [-0.3, -0.25) is 9.59 Å². The van der Waals surface area contributed by atoms with E-state index in [1.54, 1.807) is 30.3 Å². The summed E-state index contributed by atoms with van der Waals surface area (Å²) in [5, 5.41) is 24.9. The highest BCUT2D eigenvalue weighted by Gasteiger charge is 2.56. The standard InChI is InChI=1S/C29H32ClN3O6/c1-31-27(39)33(24(35)21-7-5-20(6-8-21)22-3-2-4-23(34)12-22)29(30,26(37)38)16-32-25(36)28-13-17-9-18(14-28)11-19(10-17)15-28/h2-8,12,17-19,34H,9-11,13-16H2,1H3,(H,31,39)(H,32,36)(H,37,38)/t17?,18?,19?,28?,29-/m0/s1. The van der Waals surface area contributed by atoms with E-state index in [0.717, 1.165) is 38.5 Å². The summed E-state index contributed by atoms with van der Waals surface area (Å²) < 4.78 is 0. The van der Waals surface area contributed by atoms with Crippen LogP contribution < -0.4 is 10.6 Å². The zero-order valence-corrected chi connectivity index (χ0v) is 22.4. The summed E-state index contributed by atoms with van der Waals surface area (Å²) in [7, 11) is 1.26. The van der Waals surface area contributed by atoms with Gasteiger partial charge in [0.25, 0.3) is 5.91 Å². The van der Waals surface area contributed by atoms with Crippen molar-refractivity contribution in [3.8, 4) is 16.9 Å². The van der Waals surface area contributed by atoms with E-state index in [1.807, 2.05) is 0 Å². The number of hydrogen-bond donors (Lipinski definition) is 4. The Kier molecular flexibility index (Phi) is 7.05. The molecule has 4 fully saturated rings. The molecule has 2 aromatic rings. The highest BCUT2D eigenvalue weighted by atomic mass is 35.5. The number of benzene rings is 2. The second-order valence-electron chi connectivity index (χ2n) is 11.3. The largest absolute Gasteiger partial charge is 0.508 e. The van der Waals surface area contributed by atoms with Crippen molar-refractivity contribution in [3.63, 3.8) is 0 Å². The van der Waals surface area contributed by atoms with Crippen LogP contribution in [0.1, 0.15) is 48.9 Å². The van der Waals surface area contributed by atoms with Crippen molar-refractivity contribution in [2.45, 2.75) is 43.5 Å². The average Bonchev–Trinajstić information content (AvgIpc) is 2.90. The summed E-state index contributed by atoms with van der Waals surface area (Å²) in [4.78, 5) is 50.2. The monoisotopic (exact) mass is 553 g/mol. The van der Waals surface area contributed by atoms with Crippen molar-refractivity contribution in [3.05, 3.63) is 54.1 Å². The van der Waals surface area contributed by atoms with Gasteiger partial charge in [0.2, 0.25) is 10.9 Å². The normalized spacial score (nSPS) is 26.4. The lowest BCUT2D eigenvalue weighted by molar-refractivity contribution is -0.148. The van der Waals surface area contributed by atoms with E-state index in [0.29, 0.717) is 33.8 Å². The van der Waals surface area contributed by atoms with Crippen LogP contribution in [0, 0.1) is 23.2 Å². The van der Waals surface area contributed by atoms with Crippen LogP contribution in [0.4, 0.5) is 4.79 Å². The van der Waals surface area contributed by atoms with E-state index in [2.05, 4.69) is 10.6 Å². The van der Waals surface area contributed by atoms with Crippen LogP contribution in [0.3, 0.4) is 0 Å². The van der Waals surface area contributed by atoms with Gasteiger partial charge in [-0.1, -0.05) is 35.9 Å².